The molecule has 0 radical (unpaired) electrons. The van der Waals surface area contributed by atoms with Gasteiger partial charge >= 0.3 is 51.4 Å². The van der Waals surface area contributed by atoms with Crippen LogP contribution in [-0.4, -0.2) is 30.5 Å². The van der Waals surface area contributed by atoms with Crippen molar-refractivity contribution in [3.63, 3.8) is 0 Å². The zero-order valence-electron chi connectivity index (χ0n) is 19.6. The van der Waals surface area contributed by atoms with E-state index in [2.05, 4.69) is 18.7 Å². The Hall–Kier alpha value is 1.07. The van der Waals surface area contributed by atoms with Crippen molar-refractivity contribution in [2.75, 3.05) is 19.6 Å². The molecule has 0 saturated carbocycles. The predicted molar refractivity (Wildman–Crippen MR) is 116 cm³/mol. The summed E-state index contributed by atoms with van der Waals surface area (Å²) in [4.78, 5) is 13.1. The second-order valence-electron chi connectivity index (χ2n) is 8.27. The van der Waals surface area contributed by atoms with Gasteiger partial charge in [-0.2, -0.15) is 0 Å². The molecule has 0 spiro atoms. The van der Waals surface area contributed by atoms with Crippen molar-refractivity contribution >= 4 is 5.97 Å². The van der Waals surface area contributed by atoms with E-state index < -0.39 is 5.97 Å². The normalized spacial score (nSPS) is 11.0. The third-order valence-electron chi connectivity index (χ3n) is 5.51. The Kier molecular flexibility index (Phi) is 29.1. The van der Waals surface area contributed by atoms with Crippen LogP contribution in [0.4, 0.5) is 0 Å². The second-order valence-corrected chi connectivity index (χ2v) is 8.27. The minimum Gasteiger partial charge on any atom is -0.550 e. The van der Waals surface area contributed by atoms with Crippen LogP contribution in [-0.2, 0) is 4.79 Å². The zero-order valence-corrected chi connectivity index (χ0v) is 22.7. The zero-order chi connectivity index (χ0) is 20.0. The number of aliphatic carboxylic acids is 1. The number of carbonyl (C=O) groups excluding carboxylic acids is 1. The van der Waals surface area contributed by atoms with Crippen molar-refractivity contribution in [1.82, 2.24) is 4.90 Å². The monoisotopic (exact) mass is 421 g/mol. The van der Waals surface area contributed by atoms with Gasteiger partial charge in [0, 0.05) is 5.97 Å². The Bertz CT molecular complexity index is 295. The van der Waals surface area contributed by atoms with Crippen LogP contribution in [0.3, 0.4) is 0 Å². The molecule has 0 unspecified atom stereocenters. The van der Waals surface area contributed by atoms with Gasteiger partial charge in [-0.05, 0) is 51.7 Å². The van der Waals surface area contributed by atoms with Crippen LogP contribution >= 0.6 is 0 Å². The number of hydrogen-bond acceptors (Lipinski definition) is 3. The Morgan fingerprint density at radius 3 is 1.25 bits per heavy atom. The van der Waals surface area contributed by atoms with Crippen LogP contribution in [0.15, 0.2) is 0 Å². The second kappa shape index (κ2) is 26.1. The minimum atomic E-state index is -0.905. The van der Waals surface area contributed by atoms with E-state index in [0.717, 1.165) is 25.8 Å². The Morgan fingerprint density at radius 2 is 0.893 bits per heavy atom. The van der Waals surface area contributed by atoms with Gasteiger partial charge in [0.2, 0.25) is 0 Å². The molecule has 4 heteroatoms. The van der Waals surface area contributed by atoms with Gasteiger partial charge in [-0.15, -0.1) is 0 Å². The molecular weight excluding hydrogens is 373 g/mol. The number of unbranched alkanes of at least 4 members (excludes halogenated alkanes) is 14. The molecule has 0 aromatic rings. The number of carboxylic acid groups (broad SMARTS) is 1. The number of carboxylic acids is 1. The summed E-state index contributed by atoms with van der Waals surface area (Å²) in [5.41, 5.74) is 0. The van der Waals surface area contributed by atoms with Crippen LogP contribution in [0.5, 0.6) is 0 Å². The topological polar surface area (TPSA) is 43.4 Å². The Morgan fingerprint density at radius 1 is 0.571 bits per heavy atom. The van der Waals surface area contributed by atoms with Crippen LogP contribution < -0.4 is 56.5 Å². The molecule has 0 aromatic heterocycles. The van der Waals surface area contributed by atoms with E-state index in [1.54, 1.807) is 0 Å². The van der Waals surface area contributed by atoms with Gasteiger partial charge in [0.05, 0.1) is 0 Å². The van der Waals surface area contributed by atoms with Crippen molar-refractivity contribution in [2.24, 2.45) is 0 Å². The molecule has 162 valence electrons. The van der Waals surface area contributed by atoms with Crippen LogP contribution in [0.1, 0.15) is 129 Å². The average Bonchev–Trinajstić information content (AvgIpc) is 2.65. The van der Waals surface area contributed by atoms with Gasteiger partial charge < -0.3 is 14.8 Å². The van der Waals surface area contributed by atoms with Gasteiger partial charge in [-0.3, -0.25) is 0 Å². The first kappa shape index (κ1) is 31.3. The van der Waals surface area contributed by atoms with E-state index in [1.807, 2.05) is 0 Å². The fourth-order valence-corrected chi connectivity index (χ4v) is 3.70. The van der Waals surface area contributed by atoms with Gasteiger partial charge in [0.1, 0.15) is 0 Å². The van der Waals surface area contributed by atoms with E-state index in [0.29, 0.717) is 0 Å². The number of rotatable bonds is 22. The summed E-state index contributed by atoms with van der Waals surface area (Å²) in [6.07, 6.45) is 22.3. The number of carbonyl (C=O) groups is 1. The fraction of sp³-hybridized carbons (Fsp3) is 0.958. The minimum absolute atomic E-state index is 0. The van der Waals surface area contributed by atoms with E-state index in [-0.39, 0.29) is 57.8 Å². The van der Waals surface area contributed by atoms with Crippen molar-refractivity contribution in [3.8, 4) is 0 Å². The smallest absolute Gasteiger partial charge is 0.550 e. The average molecular weight is 422 g/mol. The van der Waals surface area contributed by atoms with Gasteiger partial charge in [-0.1, -0.05) is 97.3 Å². The van der Waals surface area contributed by atoms with Gasteiger partial charge in [-0.25, -0.2) is 0 Å². The number of nitrogens with zero attached hydrogens (tertiary/aromatic N) is 1. The number of hydrogen-bond donors (Lipinski definition) is 0. The molecule has 0 aromatic carbocycles. The summed E-state index contributed by atoms with van der Waals surface area (Å²) in [6.45, 7) is 8.14. The summed E-state index contributed by atoms with van der Waals surface area (Å²) in [6, 6.07) is 0. The van der Waals surface area contributed by atoms with Crippen LogP contribution in [0, 0.1) is 0 Å². The Balaban J connectivity index is 0. The predicted octanol–water partition coefficient (Wildman–Crippen LogP) is 3.10. The van der Waals surface area contributed by atoms with Crippen LogP contribution in [0.2, 0.25) is 0 Å². The molecule has 0 aliphatic heterocycles. The maximum atomic E-state index is 10.5. The molecule has 0 rings (SSSR count). The molecule has 0 atom stereocenters. The quantitative estimate of drug-likeness (QED) is 0.199. The maximum absolute atomic E-state index is 10.5. The summed E-state index contributed by atoms with van der Waals surface area (Å²) < 4.78 is 0. The summed E-state index contributed by atoms with van der Waals surface area (Å²) in [7, 11) is 0. The molecule has 0 amide bonds. The van der Waals surface area contributed by atoms with E-state index in [4.69, 9.17) is 0 Å². The first-order chi connectivity index (χ1) is 13.2. The first-order valence-corrected chi connectivity index (χ1v) is 12.1. The van der Waals surface area contributed by atoms with E-state index in [1.165, 1.54) is 103 Å². The molecule has 0 heterocycles. The molecule has 0 aliphatic rings. The standard InChI is InChI=1S/C24H49NO2.K/c1-3-5-7-9-11-13-17-21-25(23-19-15-16-20-24(26)27)22-18-14-12-10-8-6-4-2;/h3-23H2,1-2H3,(H,26,27);/q;+1/p-1. The summed E-state index contributed by atoms with van der Waals surface area (Å²) in [5, 5.41) is 10.5. The van der Waals surface area contributed by atoms with Gasteiger partial charge in [0.15, 0.2) is 0 Å². The molecule has 0 N–H and O–H groups in total. The van der Waals surface area contributed by atoms with Crippen molar-refractivity contribution in [1.29, 1.82) is 0 Å². The van der Waals surface area contributed by atoms with Crippen molar-refractivity contribution in [3.05, 3.63) is 0 Å². The fourth-order valence-electron chi connectivity index (χ4n) is 3.70. The maximum Gasteiger partial charge on any atom is 1.00 e. The SMILES string of the molecule is CCCCCCCCCN(CCCCCCCCC)CCCCCC(=O)[O-].[K+]. The third-order valence-corrected chi connectivity index (χ3v) is 5.51. The largest absolute Gasteiger partial charge is 1.00 e. The summed E-state index contributed by atoms with van der Waals surface area (Å²) >= 11 is 0. The molecule has 0 fully saturated rings. The third kappa shape index (κ3) is 25.1. The van der Waals surface area contributed by atoms with E-state index in [9.17, 15) is 9.90 Å². The van der Waals surface area contributed by atoms with Gasteiger partial charge in [0.25, 0.3) is 0 Å². The van der Waals surface area contributed by atoms with Crippen molar-refractivity contribution < 1.29 is 61.3 Å². The molecule has 0 saturated heterocycles. The molecular formula is C24H48KNO2. The molecule has 3 nitrogen and oxygen atoms in total. The van der Waals surface area contributed by atoms with Crippen LogP contribution in [0.25, 0.3) is 0 Å². The molecule has 0 bridgehead atoms. The first-order valence-electron chi connectivity index (χ1n) is 12.1. The molecule has 28 heavy (non-hydrogen) atoms. The van der Waals surface area contributed by atoms with Crippen molar-refractivity contribution in [2.45, 2.75) is 129 Å². The summed E-state index contributed by atoms with van der Waals surface area (Å²) in [5.74, 6) is -0.905. The van der Waals surface area contributed by atoms with E-state index >= 15 is 0 Å². The Labute approximate surface area is 219 Å². The molecule has 0 aliphatic carbocycles.